The Balaban J connectivity index is 0.000000269. The van der Waals surface area contributed by atoms with Crippen LogP contribution in [-0.2, 0) is 65.4 Å². The molecule has 0 unspecified atom stereocenters. The molecular weight excluding hydrogens is 975 g/mol. The van der Waals surface area contributed by atoms with Crippen LogP contribution in [0.3, 0.4) is 0 Å². The van der Waals surface area contributed by atoms with Gasteiger partial charge in [0.15, 0.2) is 11.6 Å². The zero-order valence-electron chi connectivity index (χ0n) is 38.5. The van der Waals surface area contributed by atoms with E-state index in [1.165, 1.54) is 48.8 Å². The number of nitrogens with two attached hydrogens (primary N) is 1. The molecule has 0 radical (unpaired) electrons. The Hall–Kier alpha value is -7.43. The molecule has 4 aromatic heterocycles. The normalized spacial score (nSPS) is 11.4. The summed E-state index contributed by atoms with van der Waals surface area (Å²) in [6, 6.07) is 22.7. The number of rotatable bonds is 19. The highest BCUT2D eigenvalue weighted by Gasteiger charge is 2.34. The molecule has 18 nitrogen and oxygen atoms in total. The van der Waals surface area contributed by atoms with E-state index in [4.69, 9.17) is 33.7 Å². The van der Waals surface area contributed by atoms with Crippen LogP contribution >= 0.6 is 23.2 Å². The number of nitrogens with zero attached hydrogens (tertiary/aromatic N) is 6. The van der Waals surface area contributed by atoms with Crippen LogP contribution in [0.4, 0.5) is 34.0 Å². The number of alkyl halides is 4. The molecule has 0 aliphatic rings. The summed E-state index contributed by atoms with van der Waals surface area (Å²) < 4.78 is 64.6. The maximum atomic E-state index is 14.4. The van der Waals surface area contributed by atoms with Crippen LogP contribution < -0.4 is 43.4 Å². The standard InChI is InChI=1S/C26H29ClF2N6O4.C21H21ClF2N6O2/c1-25(2,3)39-24(38)33-13-18-9-5-4-8-17(18)12-31-21(36)15-35-20(27)14-32-22(23(35)37)34-16-26(28,29)19-10-6-7-11-30-19;22-17-11-28-19(29-13-21(23,24)16-7-3-4-8-26-16)20(32)30(17)12-18(31)27-10-15-6-2-1-5-14(15)9-25/h4-11,14H,12-13,15-16H2,1-3H3,(H,31,36)(H,32,34)(H,33,38);1-8,11H,9-10,12-13,25H2,(H,27,31)(H,28,29). The summed E-state index contributed by atoms with van der Waals surface area (Å²) in [6.45, 7) is 3.36. The molecule has 0 aliphatic carbocycles. The predicted octanol–water partition coefficient (Wildman–Crippen LogP) is 6.11. The first-order valence-electron chi connectivity index (χ1n) is 21.6. The minimum atomic E-state index is -3.37. The molecular formula is C47H50Cl2F4N12O6. The van der Waals surface area contributed by atoms with Gasteiger partial charge in [0.05, 0.1) is 25.5 Å². The Bertz CT molecular complexity index is 2890. The van der Waals surface area contributed by atoms with Crippen LogP contribution in [-0.4, -0.2) is 65.7 Å². The Kier molecular flexibility index (Phi) is 19.1. The smallest absolute Gasteiger partial charge is 0.407 e. The summed E-state index contributed by atoms with van der Waals surface area (Å²) in [5.41, 5.74) is 5.71. The summed E-state index contributed by atoms with van der Waals surface area (Å²) in [5, 5.41) is 12.5. The fraction of sp³-hybridized carbons (Fsp3) is 0.298. The van der Waals surface area contributed by atoms with Crippen molar-refractivity contribution in [3.8, 4) is 0 Å². The molecule has 6 rings (SSSR count). The average molecular weight is 1030 g/mol. The highest BCUT2D eigenvalue weighted by atomic mass is 35.5. The summed E-state index contributed by atoms with van der Waals surface area (Å²) >= 11 is 12.1. The van der Waals surface area contributed by atoms with Crippen molar-refractivity contribution < 1.29 is 36.7 Å². The highest BCUT2D eigenvalue weighted by Crippen LogP contribution is 2.27. The third-order valence-corrected chi connectivity index (χ3v) is 10.5. The first-order valence-corrected chi connectivity index (χ1v) is 22.3. The number of alkyl carbamates (subject to hydrolysis) is 1. The second kappa shape index (κ2) is 24.9. The molecule has 0 atom stereocenters. The lowest BCUT2D eigenvalue weighted by molar-refractivity contribution is -0.122. The van der Waals surface area contributed by atoms with E-state index in [-0.39, 0.29) is 41.6 Å². The van der Waals surface area contributed by atoms with Gasteiger partial charge in [-0.15, -0.1) is 0 Å². The SMILES string of the molecule is CC(C)(C)OC(=O)NCc1ccccc1CNC(=O)Cn1c(Cl)cnc(NCC(F)(F)c2ccccn2)c1=O.NCc1ccccc1CNC(=O)Cn1c(Cl)cnc(NCC(F)(F)c2ccccn2)c1=O. The Morgan fingerprint density at radius 3 is 1.35 bits per heavy atom. The minimum Gasteiger partial charge on any atom is -0.444 e. The van der Waals surface area contributed by atoms with Gasteiger partial charge in [0.1, 0.15) is 40.4 Å². The van der Waals surface area contributed by atoms with Crippen LogP contribution in [0.1, 0.15) is 54.4 Å². The van der Waals surface area contributed by atoms with Crippen molar-refractivity contribution in [3.63, 3.8) is 0 Å². The third-order valence-electron chi connectivity index (χ3n) is 9.88. The fourth-order valence-electron chi connectivity index (χ4n) is 6.30. The van der Waals surface area contributed by atoms with Gasteiger partial charge < -0.3 is 37.1 Å². The van der Waals surface area contributed by atoms with E-state index in [0.717, 1.165) is 43.8 Å². The lowest BCUT2D eigenvalue weighted by Crippen LogP contribution is -2.35. The van der Waals surface area contributed by atoms with Gasteiger partial charge in [0.2, 0.25) is 11.8 Å². The zero-order chi connectivity index (χ0) is 51.8. The van der Waals surface area contributed by atoms with Crippen molar-refractivity contribution in [1.82, 2.24) is 45.0 Å². The van der Waals surface area contributed by atoms with Gasteiger partial charge in [-0.2, -0.15) is 17.6 Å². The summed E-state index contributed by atoms with van der Waals surface area (Å²) in [5.74, 6) is -8.49. The van der Waals surface area contributed by atoms with Crippen LogP contribution in [0.25, 0.3) is 0 Å². The molecule has 0 saturated heterocycles. The van der Waals surface area contributed by atoms with E-state index >= 15 is 0 Å². The molecule has 24 heteroatoms. The lowest BCUT2D eigenvalue weighted by atomic mass is 10.1. The second-order valence-corrected chi connectivity index (χ2v) is 17.1. The number of ether oxygens (including phenoxy) is 1. The molecule has 2 aromatic carbocycles. The van der Waals surface area contributed by atoms with Gasteiger partial charge in [-0.25, -0.2) is 14.8 Å². The number of carbonyl (C=O) groups excluding carboxylic acids is 3. The monoisotopic (exact) mass is 1020 g/mol. The summed E-state index contributed by atoms with van der Waals surface area (Å²) in [7, 11) is 0. The van der Waals surface area contributed by atoms with E-state index in [9.17, 15) is 41.5 Å². The maximum absolute atomic E-state index is 14.4. The molecule has 376 valence electrons. The van der Waals surface area contributed by atoms with Gasteiger partial charge in [-0.3, -0.25) is 38.3 Å². The zero-order valence-corrected chi connectivity index (χ0v) is 40.0. The van der Waals surface area contributed by atoms with Crippen molar-refractivity contribution in [2.24, 2.45) is 5.73 Å². The van der Waals surface area contributed by atoms with Crippen LogP contribution in [0, 0.1) is 0 Å². The van der Waals surface area contributed by atoms with Gasteiger partial charge in [-0.05, 0) is 67.3 Å². The van der Waals surface area contributed by atoms with Crippen molar-refractivity contribution >= 4 is 52.7 Å². The molecule has 7 N–H and O–H groups in total. The number of benzene rings is 2. The Labute approximate surface area is 414 Å². The summed E-state index contributed by atoms with van der Waals surface area (Å²) in [4.78, 5) is 77.3. The number of hydrogen-bond donors (Lipinski definition) is 6. The quantitative estimate of drug-likeness (QED) is 0.0503. The van der Waals surface area contributed by atoms with Crippen molar-refractivity contribution in [2.75, 3.05) is 23.7 Å². The fourth-order valence-corrected chi connectivity index (χ4v) is 6.67. The van der Waals surface area contributed by atoms with Crippen LogP contribution in [0.5, 0.6) is 0 Å². The molecule has 3 amide bonds. The molecule has 4 heterocycles. The first-order chi connectivity index (χ1) is 33.7. The topological polar surface area (TPSA) is 242 Å². The van der Waals surface area contributed by atoms with Gasteiger partial charge >= 0.3 is 17.9 Å². The maximum Gasteiger partial charge on any atom is 0.407 e. The molecule has 6 aromatic rings. The number of hydrogen-bond acceptors (Lipinski definition) is 13. The number of halogens is 6. The molecule has 0 bridgehead atoms. The van der Waals surface area contributed by atoms with E-state index in [0.29, 0.717) is 6.54 Å². The lowest BCUT2D eigenvalue weighted by Gasteiger charge is -2.20. The number of anilines is 2. The Morgan fingerprint density at radius 1 is 0.592 bits per heavy atom. The number of amides is 3. The molecule has 0 aliphatic heterocycles. The van der Waals surface area contributed by atoms with E-state index in [1.807, 2.05) is 24.3 Å². The Morgan fingerprint density at radius 2 is 0.972 bits per heavy atom. The van der Waals surface area contributed by atoms with Crippen molar-refractivity contribution in [2.45, 2.75) is 77.5 Å². The second-order valence-electron chi connectivity index (χ2n) is 16.3. The van der Waals surface area contributed by atoms with Gasteiger partial charge in [0, 0.05) is 38.6 Å². The number of pyridine rings is 2. The third kappa shape index (κ3) is 16.3. The van der Waals surface area contributed by atoms with Crippen LogP contribution in [0.15, 0.2) is 119 Å². The largest absolute Gasteiger partial charge is 0.444 e. The molecule has 0 saturated carbocycles. The average Bonchev–Trinajstić information content (AvgIpc) is 3.34. The molecule has 0 spiro atoms. The van der Waals surface area contributed by atoms with Crippen molar-refractivity contribution in [3.05, 3.63) is 174 Å². The van der Waals surface area contributed by atoms with Crippen LogP contribution in [0.2, 0.25) is 10.3 Å². The number of aromatic nitrogens is 6. The van der Waals surface area contributed by atoms with E-state index in [2.05, 4.69) is 46.5 Å². The predicted molar refractivity (Wildman–Crippen MR) is 258 cm³/mol. The van der Waals surface area contributed by atoms with Crippen molar-refractivity contribution in [1.29, 1.82) is 0 Å². The van der Waals surface area contributed by atoms with Gasteiger partial charge in [0.25, 0.3) is 11.1 Å². The summed E-state index contributed by atoms with van der Waals surface area (Å²) in [6.07, 6.45) is 4.12. The molecule has 71 heavy (non-hydrogen) atoms. The minimum absolute atomic E-state index is 0.101. The highest BCUT2D eigenvalue weighted by molar-refractivity contribution is 6.29. The number of carbonyl (C=O) groups is 3. The number of nitrogens with one attached hydrogen (secondary N) is 5. The van der Waals surface area contributed by atoms with E-state index < -0.39 is 84.0 Å². The van der Waals surface area contributed by atoms with Gasteiger partial charge in [-0.1, -0.05) is 83.9 Å². The molecule has 0 fully saturated rings. The first kappa shape index (κ1) is 54.5. The van der Waals surface area contributed by atoms with E-state index in [1.54, 1.807) is 45.0 Å².